The summed E-state index contributed by atoms with van der Waals surface area (Å²) in [6.45, 7) is 6.31. The number of aromatic nitrogens is 3. The molecule has 5 nitrogen and oxygen atoms in total. The molecule has 0 atom stereocenters. The van der Waals surface area contributed by atoms with Gasteiger partial charge in [-0.2, -0.15) is 0 Å². The lowest BCUT2D eigenvalue weighted by Gasteiger charge is -2.14. The zero-order valence-electron chi connectivity index (χ0n) is 14.2. The second-order valence-electron chi connectivity index (χ2n) is 5.94. The molecular weight excluding hydrogens is 288 g/mol. The van der Waals surface area contributed by atoms with Crippen molar-refractivity contribution in [3.05, 3.63) is 35.7 Å². The van der Waals surface area contributed by atoms with E-state index in [1.54, 1.807) is 7.11 Å². The Bertz CT molecular complexity index is 852. The van der Waals surface area contributed by atoms with Gasteiger partial charge in [0.1, 0.15) is 17.3 Å². The van der Waals surface area contributed by atoms with Gasteiger partial charge in [0.05, 0.1) is 18.1 Å². The Morgan fingerprint density at radius 3 is 2.65 bits per heavy atom. The van der Waals surface area contributed by atoms with Crippen LogP contribution in [0.2, 0.25) is 0 Å². The van der Waals surface area contributed by atoms with Gasteiger partial charge in [0.2, 0.25) is 0 Å². The van der Waals surface area contributed by atoms with E-state index in [9.17, 15) is 0 Å². The van der Waals surface area contributed by atoms with Crippen LogP contribution in [0.4, 0.5) is 5.82 Å². The van der Waals surface area contributed by atoms with Gasteiger partial charge in [0, 0.05) is 30.6 Å². The van der Waals surface area contributed by atoms with Gasteiger partial charge in [-0.3, -0.25) is 0 Å². The highest BCUT2D eigenvalue weighted by Gasteiger charge is 2.17. The van der Waals surface area contributed by atoms with Crippen LogP contribution in [0.3, 0.4) is 0 Å². The molecule has 0 amide bonds. The number of nitrogens with one attached hydrogen (secondary N) is 2. The summed E-state index contributed by atoms with van der Waals surface area (Å²) in [5.74, 6) is 1.92. The van der Waals surface area contributed by atoms with Crippen molar-refractivity contribution in [1.29, 1.82) is 0 Å². The highest BCUT2D eigenvalue weighted by Crippen LogP contribution is 2.35. The first-order valence-electron chi connectivity index (χ1n) is 7.77. The molecule has 2 N–H and O–H groups in total. The summed E-state index contributed by atoms with van der Waals surface area (Å²) in [5, 5.41) is 3.18. The quantitative estimate of drug-likeness (QED) is 0.761. The van der Waals surface area contributed by atoms with Crippen molar-refractivity contribution in [1.82, 2.24) is 15.0 Å². The molecule has 3 rings (SSSR count). The van der Waals surface area contributed by atoms with E-state index in [1.807, 2.05) is 26.2 Å². The minimum atomic E-state index is 0.375. The minimum absolute atomic E-state index is 0.375. The second kappa shape index (κ2) is 5.91. The number of fused-ring (bicyclic) bond motifs is 1. The number of aromatic amines is 1. The fraction of sp³-hybridized carbons (Fsp3) is 0.333. The van der Waals surface area contributed by atoms with E-state index in [-0.39, 0.29) is 0 Å². The van der Waals surface area contributed by atoms with E-state index in [1.165, 1.54) is 0 Å². The number of pyridine rings is 2. The molecule has 23 heavy (non-hydrogen) atoms. The minimum Gasteiger partial charge on any atom is -0.494 e. The summed E-state index contributed by atoms with van der Waals surface area (Å²) in [7, 11) is 3.54. The highest BCUT2D eigenvalue weighted by atomic mass is 16.5. The van der Waals surface area contributed by atoms with Crippen LogP contribution >= 0.6 is 0 Å². The third-order valence-corrected chi connectivity index (χ3v) is 4.03. The Kier molecular flexibility index (Phi) is 3.94. The van der Waals surface area contributed by atoms with Gasteiger partial charge in [-0.05, 0) is 30.5 Å². The van der Waals surface area contributed by atoms with Gasteiger partial charge in [0.25, 0.3) is 0 Å². The van der Waals surface area contributed by atoms with Crippen LogP contribution in [0.5, 0.6) is 5.75 Å². The Labute approximate surface area is 136 Å². The maximum Gasteiger partial charge on any atom is 0.147 e. The average Bonchev–Trinajstić information content (AvgIpc) is 2.93. The standard InChI is InChI=1S/C18H22N4O/c1-10(2)13-7-6-12(18(19-4)21-13)17-15(23-5)8-14-16(22-17)11(3)9-20-14/h6-10,20H,1-5H3,(H,19,21). The van der Waals surface area contributed by atoms with Crippen molar-refractivity contribution in [3.63, 3.8) is 0 Å². The molecule has 0 aliphatic carbocycles. The van der Waals surface area contributed by atoms with Crippen LogP contribution in [0.15, 0.2) is 24.4 Å². The molecule has 0 bridgehead atoms. The number of anilines is 1. The molecule has 0 fully saturated rings. The van der Waals surface area contributed by atoms with Gasteiger partial charge >= 0.3 is 0 Å². The zero-order valence-corrected chi connectivity index (χ0v) is 14.2. The fourth-order valence-electron chi connectivity index (χ4n) is 2.69. The summed E-state index contributed by atoms with van der Waals surface area (Å²) >= 11 is 0. The first-order chi connectivity index (χ1) is 11.0. The number of methoxy groups -OCH3 is 1. The Hall–Kier alpha value is -2.56. The first kappa shape index (κ1) is 15.3. The van der Waals surface area contributed by atoms with E-state index in [2.05, 4.69) is 36.3 Å². The predicted molar refractivity (Wildman–Crippen MR) is 94.2 cm³/mol. The van der Waals surface area contributed by atoms with E-state index in [0.29, 0.717) is 5.92 Å². The van der Waals surface area contributed by atoms with Crippen LogP contribution in [0.25, 0.3) is 22.3 Å². The van der Waals surface area contributed by atoms with E-state index in [0.717, 1.165) is 45.1 Å². The topological polar surface area (TPSA) is 62.8 Å². The molecule has 3 aromatic heterocycles. The summed E-state index contributed by atoms with van der Waals surface area (Å²) in [4.78, 5) is 12.8. The number of hydrogen-bond donors (Lipinski definition) is 2. The molecule has 3 aromatic rings. The van der Waals surface area contributed by atoms with Crippen LogP contribution in [-0.2, 0) is 0 Å². The van der Waals surface area contributed by atoms with Crippen LogP contribution < -0.4 is 10.1 Å². The molecule has 0 saturated carbocycles. The van der Waals surface area contributed by atoms with Gasteiger partial charge < -0.3 is 15.0 Å². The van der Waals surface area contributed by atoms with Crippen molar-refractivity contribution >= 4 is 16.9 Å². The molecule has 0 spiro atoms. The molecular formula is C18H22N4O. The molecule has 0 unspecified atom stereocenters. The maximum atomic E-state index is 5.56. The van der Waals surface area contributed by atoms with Crippen molar-refractivity contribution in [2.45, 2.75) is 26.7 Å². The maximum absolute atomic E-state index is 5.56. The molecule has 0 saturated heterocycles. The molecule has 120 valence electrons. The molecule has 0 aliphatic heterocycles. The van der Waals surface area contributed by atoms with E-state index < -0.39 is 0 Å². The van der Waals surface area contributed by atoms with Crippen LogP contribution in [0.1, 0.15) is 31.0 Å². The molecule has 0 aromatic carbocycles. The summed E-state index contributed by atoms with van der Waals surface area (Å²) < 4.78 is 5.56. The smallest absolute Gasteiger partial charge is 0.147 e. The third kappa shape index (κ3) is 2.63. The number of rotatable bonds is 4. The van der Waals surface area contributed by atoms with E-state index >= 15 is 0 Å². The van der Waals surface area contributed by atoms with Crippen molar-refractivity contribution in [2.24, 2.45) is 0 Å². The molecule has 5 heteroatoms. The first-order valence-corrected chi connectivity index (χ1v) is 7.77. The monoisotopic (exact) mass is 310 g/mol. The average molecular weight is 310 g/mol. The normalized spacial score (nSPS) is 11.2. The Balaban J connectivity index is 2.24. The predicted octanol–water partition coefficient (Wildman–Crippen LogP) is 4.11. The number of ether oxygens (including phenoxy) is 1. The summed E-state index contributed by atoms with van der Waals surface area (Å²) in [6, 6.07) is 6.10. The SMILES string of the molecule is CNc1nc(C(C)C)ccc1-c1nc2c(C)c[nH]c2cc1OC. The van der Waals surface area contributed by atoms with Crippen molar-refractivity contribution in [3.8, 4) is 17.0 Å². The van der Waals surface area contributed by atoms with Crippen molar-refractivity contribution in [2.75, 3.05) is 19.5 Å². The Morgan fingerprint density at radius 1 is 1.22 bits per heavy atom. The van der Waals surface area contributed by atoms with Gasteiger partial charge in [-0.25, -0.2) is 9.97 Å². The number of aryl methyl sites for hydroxylation is 1. The lowest BCUT2D eigenvalue weighted by atomic mass is 10.1. The largest absolute Gasteiger partial charge is 0.494 e. The summed E-state index contributed by atoms with van der Waals surface area (Å²) in [5.41, 5.74) is 5.83. The summed E-state index contributed by atoms with van der Waals surface area (Å²) in [6.07, 6.45) is 1.96. The van der Waals surface area contributed by atoms with Crippen molar-refractivity contribution < 1.29 is 4.74 Å². The number of hydrogen-bond acceptors (Lipinski definition) is 4. The number of H-pyrrole nitrogens is 1. The Morgan fingerprint density at radius 2 is 2.00 bits per heavy atom. The highest BCUT2D eigenvalue weighted by molar-refractivity contribution is 5.87. The molecule has 0 radical (unpaired) electrons. The van der Waals surface area contributed by atoms with E-state index in [4.69, 9.17) is 14.7 Å². The van der Waals surface area contributed by atoms with Gasteiger partial charge in [0.15, 0.2) is 0 Å². The third-order valence-electron chi connectivity index (χ3n) is 4.03. The molecule has 0 aliphatic rings. The van der Waals surface area contributed by atoms with Gasteiger partial charge in [-0.1, -0.05) is 13.8 Å². The lowest BCUT2D eigenvalue weighted by Crippen LogP contribution is -2.02. The zero-order chi connectivity index (χ0) is 16.6. The second-order valence-corrected chi connectivity index (χ2v) is 5.94. The van der Waals surface area contributed by atoms with Crippen LogP contribution in [0, 0.1) is 6.92 Å². The fourth-order valence-corrected chi connectivity index (χ4v) is 2.69. The van der Waals surface area contributed by atoms with Crippen LogP contribution in [-0.4, -0.2) is 29.1 Å². The number of nitrogens with zero attached hydrogens (tertiary/aromatic N) is 2. The molecule has 3 heterocycles. The van der Waals surface area contributed by atoms with Gasteiger partial charge in [-0.15, -0.1) is 0 Å². The lowest BCUT2D eigenvalue weighted by molar-refractivity contribution is 0.415.